The molecule has 4 rings (SSSR count). The molecule has 6 heteroatoms. The van der Waals surface area contributed by atoms with Gasteiger partial charge in [-0.3, -0.25) is 9.89 Å². The molecule has 1 aliphatic rings. The van der Waals surface area contributed by atoms with Gasteiger partial charge in [-0.1, -0.05) is 54.1 Å². The summed E-state index contributed by atoms with van der Waals surface area (Å²) in [7, 11) is 0. The number of aromatic amines is 1. The van der Waals surface area contributed by atoms with E-state index in [9.17, 15) is 4.79 Å². The summed E-state index contributed by atoms with van der Waals surface area (Å²) in [5.41, 5.74) is 3.11. The van der Waals surface area contributed by atoms with E-state index in [4.69, 9.17) is 16.3 Å². The standard InChI is InChI=1S/C23H24ClN3O2/c24-20-8-4-5-9-22(20)29-13-11-19-15-21(26-25-19)18-10-12-27(16-18)23(28)14-17-6-2-1-3-7-17/h1-9,15,18H,10-14,16H2,(H,25,26). The molecule has 5 nitrogen and oxygen atoms in total. The number of likely N-dealkylation sites (tertiary alicyclic amines) is 1. The van der Waals surface area contributed by atoms with Crippen molar-refractivity contribution in [1.29, 1.82) is 0 Å². The van der Waals surface area contributed by atoms with Gasteiger partial charge in [0.2, 0.25) is 5.91 Å². The second-order valence-corrected chi connectivity index (χ2v) is 7.74. The normalized spacial score (nSPS) is 16.2. The first kappa shape index (κ1) is 19.5. The molecule has 1 fully saturated rings. The highest BCUT2D eigenvalue weighted by atomic mass is 35.5. The zero-order chi connectivity index (χ0) is 20.1. The van der Waals surface area contributed by atoms with Crippen molar-refractivity contribution in [1.82, 2.24) is 15.1 Å². The summed E-state index contributed by atoms with van der Waals surface area (Å²) in [6.45, 7) is 2.04. The van der Waals surface area contributed by atoms with E-state index in [0.717, 1.165) is 42.9 Å². The minimum atomic E-state index is 0.183. The smallest absolute Gasteiger partial charge is 0.227 e. The Labute approximate surface area is 175 Å². The molecule has 0 bridgehead atoms. The van der Waals surface area contributed by atoms with Gasteiger partial charge in [0.25, 0.3) is 0 Å². The maximum absolute atomic E-state index is 12.6. The van der Waals surface area contributed by atoms with Crippen LogP contribution in [0.15, 0.2) is 60.7 Å². The number of carbonyl (C=O) groups is 1. The number of H-pyrrole nitrogens is 1. The fourth-order valence-corrected chi connectivity index (χ4v) is 3.85. The summed E-state index contributed by atoms with van der Waals surface area (Å²) in [5.74, 6) is 1.16. The van der Waals surface area contributed by atoms with Crippen molar-refractivity contribution >= 4 is 17.5 Å². The van der Waals surface area contributed by atoms with Crippen LogP contribution in [0.1, 0.15) is 29.3 Å². The Morgan fingerprint density at radius 2 is 1.97 bits per heavy atom. The third-order valence-corrected chi connectivity index (χ3v) is 5.59. The molecule has 150 valence electrons. The predicted octanol–water partition coefficient (Wildman–Crippen LogP) is 4.24. The van der Waals surface area contributed by atoms with Crippen molar-refractivity contribution in [2.24, 2.45) is 0 Å². The van der Waals surface area contributed by atoms with Crippen molar-refractivity contribution < 1.29 is 9.53 Å². The highest BCUT2D eigenvalue weighted by molar-refractivity contribution is 6.32. The number of hydrogen-bond acceptors (Lipinski definition) is 3. The van der Waals surface area contributed by atoms with Crippen molar-refractivity contribution in [3.8, 4) is 5.75 Å². The molecular weight excluding hydrogens is 386 g/mol. The van der Waals surface area contributed by atoms with Gasteiger partial charge in [0, 0.05) is 31.1 Å². The Bertz CT molecular complexity index is 958. The third-order valence-electron chi connectivity index (χ3n) is 5.27. The van der Waals surface area contributed by atoms with Crippen LogP contribution in [0.25, 0.3) is 0 Å². The molecule has 1 N–H and O–H groups in total. The van der Waals surface area contributed by atoms with Crippen LogP contribution in [0, 0.1) is 0 Å². The number of rotatable bonds is 7. The lowest BCUT2D eigenvalue weighted by Crippen LogP contribution is -2.29. The lowest BCUT2D eigenvalue weighted by molar-refractivity contribution is -0.129. The number of para-hydroxylation sites is 1. The number of halogens is 1. The Kier molecular flexibility index (Phi) is 6.15. The van der Waals surface area contributed by atoms with Gasteiger partial charge in [0.05, 0.1) is 23.7 Å². The van der Waals surface area contributed by atoms with Crippen LogP contribution in [-0.2, 0) is 17.6 Å². The number of amides is 1. The molecule has 3 aromatic rings. The molecule has 1 saturated heterocycles. The zero-order valence-corrected chi connectivity index (χ0v) is 16.9. The highest BCUT2D eigenvalue weighted by Gasteiger charge is 2.28. The maximum atomic E-state index is 12.6. The first-order valence-electron chi connectivity index (χ1n) is 9.92. The average molecular weight is 410 g/mol. The molecule has 1 atom stereocenters. The van der Waals surface area contributed by atoms with E-state index in [2.05, 4.69) is 16.3 Å². The van der Waals surface area contributed by atoms with Gasteiger partial charge >= 0.3 is 0 Å². The van der Waals surface area contributed by atoms with E-state index in [1.165, 1.54) is 0 Å². The predicted molar refractivity (Wildman–Crippen MR) is 113 cm³/mol. The Hall–Kier alpha value is -2.79. The second-order valence-electron chi connectivity index (χ2n) is 7.33. The highest BCUT2D eigenvalue weighted by Crippen LogP contribution is 2.27. The van der Waals surface area contributed by atoms with E-state index in [1.807, 2.05) is 59.5 Å². The van der Waals surface area contributed by atoms with Crippen LogP contribution in [0.4, 0.5) is 0 Å². The van der Waals surface area contributed by atoms with Gasteiger partial charge in [-0.05, 0) is 30.2 Å². The minimum absolute atomic E-state index is 0.183. The molecule has 0 saturated carbocycles. The molecule has 29 heavy (non-hydrogen) atoms. The van der Waals surface area contributed by atoms with Gasteiger partial charge in [0.15, 0.2) is 0 Å². The van der Waals surface area contributed by atoms with E-state index in [0.29, 0.717) is 23.8 Å². The molecule has 0 spiro atoms. The first-order chi connectivity index (χ1) is 14.2. The number of nitrogens with one attached hydrogen (secondary N) is 1. The summed E-state index contributed by atoms with van der Waals surface area (Å²) in [6.07, 6.45) is 2.13. The van der Waals surface area contributed by atoms with Crippen LogP contribution >= 0.6 is 11.6 Å². The number of ether oxygens (including phenoxy) is 1. The van der Waals surface area contributed by atoms with E-state index < -0.39 is 0 Å². The fourth-order valence-electron chi connectivity index (χ4n) is 3.66. The molecular formula is C23H24ClN3O2. The number of aromatic nitrogens is 2. The van der Waals surface area contributed by atoms with E-state index in [-0.39, 0.29) is 11.8 Å². The van der Waals surface area contributed by atoms with Crippen molar-refractivity contribution in [2.75, 3.05) is 19.7 Å². The second kappa shape index (κ2) is 9.14. The van der Waals surface area contributed by atoms with Gasteiger partial charge in [-0.2, -0.15) is 5.10 Å². The average Bonchev–Trinajstić information content (AvgIpc) is 3.40. The number of hydrogen-bond donors (Lipinski definition) is 1. The van der Waals surface area contributed by atoms with Gasteiger partial charge < -0.3 is 9.64 Å². The van der Waals surface area contributed by atoms with Crippen molar-refractivity contribution in [3.63, 3.8) is 0 Å². The SMILES string of the molecule is O=C(Cc1ccccc1)N1CCC(c2cc(CCOc3ccccc3Cl)[nH]n2)C1. The molecule has 1 aromatic heterocycles. The largest absolute Gasteiger partial charge is 0.492 e. The van der Waals surface area contributed by atoms with Gasteiger partial charge in [-0.25, -0.2) is 0 Å². The molecule has 2 aromatic carbocycles. The van der Waals surface area contributed by atoms with Crippen LogP contribution in [-0.4, -0.2) is 40.7 Å². The van der Waals surface area contributed by atoms with Crippen LogP contribution in [0.3, 0.4) is 0 Å². The quantitative estimate of drug-likeness (QED) is 0.634. The van der Waals surface area contributed by atoms with Crippen LogP contribution < -0.4 is 4.74 Å². The fraction of sp³-hybridized carbons (Fsp3) is 0.304. The van der Waals surface area contributed by atoms with Crippen LogP contribution in [0.5, 0.6) is 5.75 Å². The van der Waals surface area contributed by atoms with Gasteiger partial charge in [0.1, 0.15) is 5.75 Å². The van der Waals surface area contributed by atoms with E-state index in [1.54, 1.807) is 0 Å². The topological polar surface area (TPSA) is 58.2 Å². The molecule has 1 unspecified atom stereocenters. The number of nitrogens with zero attached hydrogens (tertiary/aromatic N) is 2. The lowest BCUT2D eigenvalue weighted by Gasteiger charge is -2.16. The monoisotopic (exact) mass is 409 g/mol. The lowest BCUT2D eigenvalue weighted by atomic mass is 10.0. The summed E-state index contributed by atoms with van der Waals surface area (Å²) in [6, 6.07) is 19.4. The van der Waals surface area contributed by atoms with Crippen molar-refractivity contribution in [2.45, 2.75) is 25.2 Å². The van der Waals surface area contributed by atoms with Gasteiger partial charge in [-0.15, -0.1) is 0 Å². The molecule has 0 aliphatic carbocycles. The molecule has 0 radical (unpaired) electrons. The summed E-state index contributed by atoms with van der Waals surface area (Å²) < 4.78 is 5.75. The first-order valence-corrected chi connectivity index (χ1v) is 10.3. The summed E-state index contributed by atoms with van der Waals surface area (Å²) in [4.78, 5) is 14.5. The van der Waals surface area contributed by atoms with Crippen LogP contribution in [0.2, 0.25) is 5.02 Å². The molecule has 1 amide bonds. The summed E-state index contributed by atoms with van der Waals surface area (Å²) in [5, 5.41) is 8.19. The Morgan fingerprint density at radius 3 is 2.79 bits per heavy atom. The van der Waals surface area contributed by atoms with E-state index >= 15 is 0 Å². The molecule has 2 heterocycles. The molecule has 1 aliphatic heterocycles. The number of benzene rings is 2. The Morgan fingerprint density at radius 1 is 1.17 bits per heavy atom. The maximum Gasteiger partial charge on any atom is 0.227 e. The minimum Gasteiger partial charge on any atom is -0.492 e. The zero-order valence-electron chi connectivity index (χ0n) is 16.2. The van der Waals surface area contributed by atoms with Crippen molar-refractivity contribution in [3.05, 3.63) is 82.6 Å². The number of carbonyl (C=O) groups excluding carboxylic acids is 1. The third kappa shape index (κ3) is 4.98. The Balaban J connectivity index is 1.27. The summed E-state index contributed by atoms with van der Waals surface area (Å²) >= 11 is 6.11.